The number of amides is 1. The molecule has 0 radical (unpaired) electrons. The largest absolute Gasteiger partial charge is 0.465 e. The van der Waals surface area contributed by atoms with E-state index in [4.69, 9.17) is 5.10 Å². The van der Waals surface area contributed by atoms with Crippen LogP contribution in [0.2, 0.25) is 0 Å². The van der Waals surface area contributed by atoms with Gasteiger partial charge in [0.2, 0.25) is 0 Å². The Morgan fingerprint density at radius 2 is 1.79 bits per heavy atom. The first kappa shape index (κ1) is 27.5. The first-order chi connectivity index (χ1) is 17.7. The average Bonchev–Trinajstić information content (AvgIpc) is 3.22. The highest BCUT2D eigenvalue weighted by atomic mass is 19.4. The first-order valence-corrected chi connectivity index (χ1v) is 12.5. The zero-order valence-corrected chi connectivity index (χ0v) is 21.8. The molecular weight excluding hydrogens is 501 g/mol. The van der Waals surface area contributed by atoms with Crippen LogP contribution in [0.15, 0.2) is 41.3 Å². The molecule has 1 fully saturated rings. The van der Waals surface area contributed by atoms with Crippen LogP contribution in [0.4, 0.5) is 29.5 Å². The van der Waals surface area contributed by atoms with Crippen molar-refractivity contribution in [3.8, 4) is 0 Å². The molecule has 3 aromatic rings. The van der Waals surface area contributed by atoms with Gasteiger partial charge in [-0.3, -0.25) is 14.8 Å². The van der Waals surface area contributed by atoms with Gasteiger partial charge in [-0.15, -0.1) is 0 Å². The van der Waals surface area contributed by atoms with E-state index >= 15 is 0 Å². The van der Waals surface area contributed by atoms with Crippen molar-refractivity contribution in [1.82, 2.24) is 25.0 Å². The molecule has 1 atom stereocenters. The second kappa shape index (κ2) is 9.97. The number of aromatic nitrogens is 3. The third-order valence-electron chi connectivity index (χ3n) is 7.09. The van der Waals surface area contributed by atoms with Crippen LogP contribution in [0.1, 0.15) is 58.6 Å². The van der Waals surface area contributed by atoms with Crippen LogP contribution >= 0.6 is 0 Å². The summed E-state index contributed by atoms with van der Waals surface area (Å²) in [6.07, 6.45) is -2.16. The van der Waals surface area contributed by atoms with Gasteiger partial charge < -0.3 is 20.3 Å². The predicted molar refractivity (Wildman–Crippen MR) is 139 cm³/mol. The molecule has 9 nitrogen and oxygen atoms in total. The maximum atomic E-state index is 13.8. The highest BCUT2D eigenvalue weighted by molar-refractivity contribution is 5.91. The van der Waals surface area contributed by atoms with E-state index in [1.165, 1.54) is 35.4 Å². The predicted octanol–water partition coefficient (Wildman–Crippen LogP) is 5.34. The Morgan fingerprint density at radius 3 is 2.32 bits per heavy atom. The van der Waals surface area contributed by atoms with Gasteiger partial charge in [0.05, 0.1) is 11.1 Å². The summed E-state index contributed by atoms with van der Waals surface area (Å²) in [7, 11) is 0. The van der Waals surface area contributed by atoms with E-state index in [1.54, 1.807) is 31.5 Å². The van der Waals surface area contributed by atoms with Crippen LogP contribution in [-0.4, -0.2) is 55.7 Å². The molecule has 4 N–H and O–H groups in total. The second-order valence-electron chi connectivity index (χ2n) is 10.8. The molecule has 38 heavy (non-hydrogen) atoms. The number of likely N-dealkylation sites (tertiary alicyclic amines) is 1. The lowest BCUT2D eigenvalue weighted by Gasteiger charge is -2.41. The molecule has 1 amide bonds. The number of aromatic amines is 1. The monoisotopic (exact) mass is 534 g/mol. The van der Waals surface area contributed by atoms with E-state index in [-0.39, 0.29) is 16.9 Å². The van der Waals surface area contributed by atoms with Gasteiger partial charge in [-0.05, 0) is 63.8 Å². The number of hydrogen-bond acceptors (Lipinski definition) is 5. The number of pyridine rings is 1. The van der Waals surface area contributed by atoms with Crippen molar-refractivity contribution in [2.45, 2.75) is 70.3 Å². The van der Waals surface area contributed by atoms with Crippen molar-refractivity contribution in [2.75, 3.05) is 18.4 Å². The zero-order valence-electron chi connectivity index (χ0n) is 21.8. The Labute approximate surface area is 218 Å². The molecule has 0 bridgehead atoms. The third-order valence-corrected chi connectivity index (χ3v) is 7.09. The van der Waals surface area contributed by atoms with Gasteiger partial charge in [0.15, 0.2) is 5.82 Å². The van der Waals surface area contributed by atoms with Gasteiger partial charge in [0, 0.05) is 30.5 Å². The van der Waals surface area contributed by atoms with Crippen LogP contribution in [0, 0.1) is 0 Å². The number of benzene rings is 1. The zero-order chi connectivity index (χ0) is 27.9. The van der Waals surface area contributed by atoms with Gasteiger partial charge in [0.25, 0.3) is 5.56 Å². The minimum Gasteiger partial charge on any atom is -0.465 e. The summed E-state index contributed by atoms with van der Waals surface area (Å²) in [6, 6.07) is 5.78. The van der Waals surface area contributed by atoms with Crippen LogP contribution in [0.3, 0.4) is 0 Å². The van der Waals surface area contributed by atoms with Gasteiger partial charge in [-0.25, -0.2) is 4.79 Å². The lowest BCUT2D eigenvalue weighted by molar-refractivity contribution is -0.161. The number of halogens is 3. The number of rotatable bonds is 6. The van der Waals surface area contributed by atoms with Crippen molar-refractivity contribution >= 4 is 28.5 Å². The number of hydrogen-bond donors (Lipinski definition) is 4. The number of piperidine rings is 1. The van der Waals surface area contributed by atoms with E-state index < -0.39 is 29.4 Å². The minimum atomic E-state index is -4.48. The van der Waals surface area contributed by atoms with E-state index in [1.807, 2.05) is 6.92 Å². The number of alkyl halides is 3. The Morgan fingerprint density at radius 1 is 1.16 bits per heavy atom. The topological polar surface area (TPSA) is 115 Å². The average molecular weight is 535 g/mol. The Bertz CT molecular complexity index is 1350. The maximum absolute atomic E-state index is 13.8. The molecule has 1 aliphatic rings. The minimum absolute atomic E-state index is 0.0707. The lowest BCUT2D eigenvalue weighted by Crippen LogP contribution is -2.47. The first-order valence-electron chi connectivity index (χ1n) is 12.5. The van der Waals surface area contributed by atoms with Crippen molar-refractivity contribution in [2.24, 2.45) is 0 Å². The number of nitrogens with zero attached hydrogens (tertiary/aromatic N) is 3. The summed E-state index contributed by atoms with van der Waals surface area (Å²) in [6.45, 7) is 7.73. The van der Waals surface area contributed by atoms with Gasteiger partial charge in [-0.1, -0.05) is 19.1 Å². The van der Waals surface area contributed by atoms with Gasteiger partial charge in [0.1, 0.15) is 11.4 Å². The summed E-state index contributed by atoms with van der Waals surface area (Å²) in [5, 5.41) is 20.2. The molecule has 1 unspecified atom stereocenters. The normalized spacial score (nSPS) is 17.0. The molecule has 0 spiro atoms. The molecular formula is C26H33F3N6O3. The van der Waals surface area contributed by atoms with Crippen molar-refractivity contribution < 1.29 is 23.1 Å². The molecule has 1 saturated heterocycles. The number of H-pyrrole nitrogens is 1. The highest BCUT2D eigenvalue weighted by Gasteiger charge is 2.42. The lowest BCUT2D eigenvalue weighted by atomic mass is 9.85. The smallest absolute Gasteiger partial charge is 0.407 e. The summed E-state index contributed by atoms with van der Waals surface area (Å²) < 4.78 is 43.1. The third kappa shape index (κ3) is 5.50. The summed E-state index contributed by atoms with van der Waals surface area (Å²) in [5.41, 5.74) is -0.438. The molecule has 206 valence electrons. The molecule has 1 aliphatic heterocycles. The molecule has 4 rings (SSSR count). The Hall–Kier alpha value is -3.54. The Balaban J connectivity index is 1.68. The summed E-state index contributed by atoms with van der Waals surface area (Å²) in [5.74, 6) is 0.281. The van der Waals surface area contributed by atoms with Crippen molar-refractivity contribution in [3.05, 3.63) is 52.4 Å². The SMILES string of the molecule is CCC1(n2nc(Nc3ccc(C(NC(C)(C)C)C(F)(F)F)cc3)c3c(=O)[nH]ccc32)CCN(C(=O)O)CC1. The fourth-order valence-electron chi connectivity index (χ4n) is 5.04. The quantitative estimate of drug-likeness (QED) is 0.339. The van der Waals surface area contributed by atoms with Crippen LogP contribution in [0.25, 0.3) is 10.9 Å². The van der Waals surface area contributed by atoms with Gasteiger partial charge >= 0.3 is 12.3 Å². The maximum Gasteiger partial charge on any atom is 0.407 e. The summed E-state index contributed by atoms with van der Waals surface area (Å²) >= 11 is 0. The molecule has 2 aromatic heterocycles. The highest BCUT2D eigenvalue weighted by Crippen LogP contribution is 2.38. The number of fused-ring (bicyclic) bond motifs is 1. The fraction of sp³-hybridized carbons (Fsp3) is 0.500. The Kier molecular flexibility index (Phi) is 7.21. The van der Waals surface area contributed by atoms with E-state index in [0.29, 0.717) is 48.9 Å². The van der Waals surface area contributed by atoms with E-state index in [9.17, 15) is 27.9 Å². The number of carboxylic acid groups (broad SMARTS) is 1. The number of nitrogens with one attached hydrogen (secondary N) is 3. The standard InChI is InChI=1S/C26H33F3N6O3/c1-5-25(11-14-34(15-12-25)23(37)38)35-18-10-13-30-22(36)19(18)21(33-35)31-17-8-6-16(7-9-17)20(26(27,28)29)32-24(2,3)4/h6-10,13,20,32H,5,11-12,14-15H2,1-4H3,(H,30,36)(H,31,33)(H,37,38). The van der Waals surface area contributed by atoms with Gasteiger partial charge in [-0.2, -0.15) is 18.3 Å². The molecule has 3 heterocycles. The van der Waals surface area contributed by atoms with Crippen LogP contribution in [0.5, 0.6) is 0 Å². The van der Waals surface area contributed by atoms with Crippen molar-refractivity contribution in [3.63, 3.8) is 0 Å². The molecule has 0 saturated carbocycles. The summed E-state index contributed by atoms with van der Waals surface area (Å²) in [4.78, 5) is 28.3. The van der Waals surface area contributed by atoms with Crippen molar-refractivity contribution in [1.29, 1.82) is 0 Å². The molecule has 0 aliphatic carbocycles. The number of anilines is 2. The molecule has 12 heteroatoms. The number of carbonyl (C=O) groups is 1. The van der Waals surface area contributed by atoms with Crippen LogP contribution in [-0.2, 0) is 5.54 Å². The van der Waals surface area contributed by atoms with E-state index in [2.05, 4.69) is 15.6 Å². The molecule has 1 aromatic carbocycles. The van der Waals surface area contributed by atoms with Crippen LogP contribution < -0.4 is 16.2 Å². The fourth-order valence-corrected chi connectivity index (χ4v) is 5.04. The second-order valence-corrected chi connectivity index (χ2v) is 10.8. The van der Waals surface area contributed by atoms with E-state index in [0.717, 1.165) is 0 Å².